The molecule has 228 valence electrons. The van der Waals surface area contributed by atoms with Crippen molar-refractivity contribution in [3.63, 3.8) is 0 Å². The first-order valence-corrected chi connectivity index (χ1v) is 14.1. The fourth-order valence-corrected chi connectivity index (χ4v) is 4.89. The first kappa shape index (κ1) is 30.8. The van der Waals surface area contributed by atoms with Gasteiger partial charge in [-0.25, -0.2) is 0 Å². The van der Waals surface area contributed by atoms with Gasteiger partial charge in [0.15, 0.2) is 0 Å². The van der Waals surface area contributed by atoms with Gasteiger partial charge in [0, 0.05) is 12.5 Å². The highest BCUT2D eigenvalue weighted by molar-refractivity contribution is 5.53. The average Bonchev–Trinajstić information content (AvgIpc) is 3.04. The van der Waals surface area contributed by atoms with Gasteiger partial charge in [0.25, 0.3) is 5.69 Å². The van der Waals surface area contributed by atoms with Crippen LogP contribution in [-0.4, -0.2) is 41.1 Å². The summed E-state index contributed by atoms with van der Waals surface area (Å²) in [6.07, 6.45) is -2.59. The molecule has 11 heteroatoms. The van der Waals surface area contributed by atoms with Gasteiger partial charge in [-0.3, -0.25) is 20.2 Å². The van der Waals surface area contributed by atoms with E-state index < -0.39 is 45.8 Å². The number of non-ortho nitro benzene ring substituents is 1. The largest absolute Gasteiger partial charge is 0.458 e. The van der Waals surface area contributed by atoms with Gasteiger partial charge in [0.1, 0.15) is 12.2 Å². The van der Waals surface area contributed by atoms with Crippen LogP contribution in [0.5, 0.6) is 5.75 Å². The van der Waals surface area contributed by atoms with Crippen LogP contribution in [0, 0.1) is 20.2 Å². The Bertz CT molecular complexity index is 1510. The summed E-state index contributed by atoms with van der Waals surface area (Å²) >= 11 is 0. The Morgan fingerprint density at radius 3 is 1.84 bits per heavy atom. The lowest BCUT2D eigenvalue weighted by molar-refractivity contribution is -0.395. The van der Waals surface area contributed by atoms with Gasteiger partial charge in [-0.1, -0.05) is 91.0 Å². The van der Waals surface area contributed by atoms with Gasteiger partial charge in [-0.05, 0) is 22.8 Å². The molecule has 44 heavy (non-hydrogen) atoms. The topological polar surface area (TPSA) is 132 Å². The Kier molecular flexibility index (Phi) is 10.6. The Balaban J connectivity index is 1.39. The van der Waals surface area contributed by atoms with E-state index in [0.29, 0.717) is 19.8 Å². The van der Waals surface area contributed by atoms with Crippen molar-refractivity contribution in [1.29, 1.82) is 0 Å². The van der Waals surface area contributed by atoms with E-state index in [9.17, 15) is 20.2 Å². The third-order valence-corrected chi connectivity index (χ3v) is 7.08. The minimum atomic E-state index is -0.988. The SMILES string of the molecule is O=[N+]([O-])c1ccc(O[C@H]2C[C@@H](OCc3ccccc3)[C@H](OCc3ccccc3)[C@@H](COCc3ccccc3)O2)c([N+](=O)[O-])c1. The Hall–Kier alpha value is -4.68. The number of nitro benzene ring substituents is 2. The maximum absolute atomic E-state index is 11.8. The van der Waals surface area contributed by atoms with E-state index in [0.717, 1.165) is 28.8 Å². The maximum Gasteiger partial charge on any atom is 0.317 e. The first-order chi connectivity index (χ1) is 21.5. The molecule has 4 aromatic rings. The molecule has 4 atom stereocenters. The van der Waals surface area contributed by atoms with Crippen molar-refractivity contribution in [3.05, 3.63) is 146 Å². The molecule has 1 saturated heterocycles. The van der Waals surface area contributed by atoms with Gasteiger partial charge < -0.3 is 23.7 Å². The fourth-order valence-electron chi connectivity index (χ4n) is 4.89. The number of hydrogen-bond donors (Lipinski definition) is 0. The summed E-state index contributed by atoms with van der Waals surface area (Å²) in [5.41, 5.74) is 1.96. The third kappa shape index (κ3) is 8.45. The fraction of sp³-hybridized carbons (Fsp3) is 0.273. The molecule has 0 aromatic heterocycles. The standard InChI is InChI=1S/C33H32N2O9/c36-34(37)27-16-17-29(28(18-27)35(38)39)43-32-19-30(41-21-25-12-6-2-7-13-25)33(42-22-26-14-8-3-9-15-26)31(44-32)23-40-20-24-10-4-1-5-11-24/h1-18,30-33H,19-23H2/t30-,31-,32-,33+/m1/s1. The maximum atomic E-state index is 11.8. The Morgan fingerprint density at radius 1 is 0.705 bits per heavy atom. The van der Waals surface area contributed by atoms with Crippen LogP contribution in [0.25, 0.3) is 0 Å². The highest BCUT2D eigenvalue weighted by atomic mass is 16.7. The number of benzene rings is 4. The normalized spacial score (nSPS) is 19.7. The molecule has 0 saturated carbocycles. The second-order valence-electron chi connectivity index (χ2n) is 10.2. The van der Waals surface area contributed by atoms with Crippen LogP contribution in [0.15, 0.2) is 109 Å². The van der Waals surface area contributed by atoms with Crippen LogP contribution >= 0.6 is 0 Å². The first-order valence-electron chi connectivity index (χ1n) is 14.1. The predicted octanol–water partition coefficient (Wildman–Crippen LogP) is 6.38. The van der Waals surface area contributed by atoms with E-state index >= 15 is 0 Å². The van der Waals surface area contributed by atoms with E-state index in [1.807, 2.05) is 91.0 Å². The van der Waals surface area contributed by atoms with Crippen LogP contribution in [0.2, 0.25) is 0 Å². The van der Waals surface area contributed by atoms with E-state index in [1.165, 1.54) is 6.07 Å². The summed E-state index contributed by atoms with van der Waals surface area (Å²) in [7, 11) is 0. The van der Waals surface area contributed by atoms with E-state index in [-0.39, 0.29) is 18.8 Å². The van der Waals surface area contributed by atoms with Crippen LogP contribution in [-0.2, 0) is 38.8 Å². The monoisotopic (exact) mass is 600 g/mol. The van der Waals surface area contributed by atoms with Crippen LogP contribution in [0.3, 0.4) is 0 Å². The van der Waals surface area contributed by atoms with Crippen molar-refractivity contribution in [2.75, 3.05) is 6.61 Å². The molecule has 1 aliphatic heterocycles. The molecule has 0 spiro atoms. The molecular formula is C33H32N2O9. The molecule has 0 aliphatic carbocycles. The summed E-state index contributed by atoms with van der Waals surface area (Å²) in [5.74, 6) is -0.153. The Labute approximate surface area is 254 Å². The second kappa shape index (κ2) is 15.2. The lowest BCUT2D eigenvalue weighted by Gasteiger charge is -2.41. The molecule has 1 aliphatic rings. The van der Waals surface area contributed by atoms with Crippen molar-refractivity contribution < 1.29 is 33.5 Å². The summed E-state index contributed by atoms with van der Waals surface area (Å²) in [6.45, 7) is 1.05. The Morgan fingerprint density at radius 2 is 1.27 bits per heavy atom. The zero-order valence-corrected chi connectivity index (χ0v) is 23.8. The summed E-state index contributed by atoms with van der Waals surface area (Å²) in [5, 5.41) is 23.0. The molecule has 1 heterocycles. The smallest absolute Gasteiger partial charge is 0.317 e. The van der Waals surface area contributed by atoms with Gasteiger partial charge in [0.05, 0.1) is 48.4 Å². The lowest BCUT2D eigenvalue weighted by atomic mass is 10.0. The minimum Gasteiger partial charge on any atom is -0.458 e. The van der Waals surface area contributed by atoms with Gasteiger partial charge >= 0.3 is 5.69 Å². The number of rotatable bonds is 14. The number of nitrogens with zero attached hydrogens (tertiary/aromatic N) is 2. The van der Waals surface area contributed by atoms with Gasteiger partial charge in [-0.15, -0.1) is 0 Å². The molecule has 0 radical (unpaired) electrons. The molecular weight excluding hydrogens is 568 g/mol. The minimum absolute atomic E-state index is 0.127. The molecule has 4 aromatic carbocycles. The van der Waals surface area contributed by atoms with E-state index in [2.05, 4.69) is 0 Å². The number of hydrogen-bond acceptors (Lipinski definition) is 9. The van der Waals surface area contributed by atoms with E-state index in [4.69, 9.17) is 23.7 Å². The molecule has 0 unspecified atom stereocenters. The van der Waals surface area contributed by atoms with Gasteiger partial charge in [0.2, 0.25) is 12.0 Å². The van der Waals surface area contributed by atoms with Crippen LogP contribution < -0.4 is 4.74 Å². The lowest BCUT2D eigenvalue weighted by Crippen LogP contribution is -2.53. The molecule has 0 amide bonds. The summed E-state index contributed by atoms with van der Waals surface area (Å²) in [4.78, 5) is 21.6. The number of ether oxygens (including phenoxy) is 5. The van der Waals surface area contributed by atoms with Crippen molar-refractivity contribution in [1.82, 2.24) is 0 Å². The molecule has 0 N–H and O–H groups in total. The number of nitro groups is 2. The highest BCUT2D eigenvalue weighted by Gasteiger charge is 2.42. The third-order valence-electron chi connectivity index (χ3n) is 7.08. The summed E-state index contributed by atoms with van der Waals surface area (Å²) in [6, 6.07) is 32.3. The summed E-state index contributed by atoms with van der Waals surface area (Å²) < 4.78 is 31.2. The molecule has 0 bridgehead atoms. The van der Waals surface area contributed by atoms with E-state index in [1.54, 1.807) is 0 Å². The second-order valence-corrected chi connectivity index (χ2v) is 10.2. The molecule has 1 fully saturated rings. The predicted molar refractivity (Wildman–Crippen MR) is 160 cm³/mol. The van der Waals surface area contributed by atoms with Crippen LogP contribution in [0.1, 0.15) is 23.1 Å². The molecule has 5 rings (SSSR count). The zero-order chi connectivity index (χ0) is 30.7. The van der Waals surface area contributed by atoms with Crippen molar-refractivity contribution in [2.24, 2.45) is 0 Å². The van der Waals surface area contributed by atoms with Gasteiger partial charge in [-0.2, -0.15) is 0 Å². The van der Waals surface area contributed by atoms with Crippen molar-refractivity contribution in [3.8, 4) is 5.75 Å². The zero-order valence-electron chi connectivity index (χ0n) is 23.8. The highest BCUT2D eigenvalue weighted by Crippen LogP contribution is 2.35. The van der Waals surface area contributed by atoms with Crippen molar-refractivity contribution in [2.45, 2.75) is 50.8 Å². The molecule has 11 nitrogen and oxygen atoms in total. The quantitative estimate of drug-likeness (QED) is 0.119. The van der Waals surface area contributed by atoms with Crippen molar-refractivity contribution >= 4 is 11.4 Å². The average molecular weight is 601 g/mol. The van der Waals surface area contributed by atoms with Crippen LogP contribution in [0.4, 0.5) is 11.4 Å².